The first-order valence-electron chi connectivity index (χ1n) is 9.46. The van der Waals surface area contributed by atoms with E-state index in [1.807, 2.05) is 12.1 Å². The second-order valence-corrected chi connectivity index (χ2v) is 8.15. The maximum absolute atomic E-state index is 13.0. The number of aromatic nitrogens is 1. The van der Waals surface area contributed by atoms with Crippen molar-refractivity contribution in [2.24, 2.45) is 0 Å². The maximum Gasteiger partial charge on any atom is 0.328 e. The van der Waals surface area contributed by atoms with E-state index in [1.165, 1.54) is 10.7 Å². The molecule has 7 nitrogen and oxygen atoms in total. The highest BCUT2D eigenvalue weighted by molar-refractivity contribution is 9.10. The quantitative estimate of drug-likeness (QED) is 0.336. The van der Waals surface area contributed by atoms with Crippen molar-refractivity contribution >= 4 is 67.5 Å². The Hall–Kier alpha value is -3.62. The van der Waals surface area contributed by atoms with Crippen molar-refractivity contribution in [2.45, 2.75) is 0 Å². The molecule has 3 aromatic carbocycles. The van der Waals surface area contributed by atoms with E-state index in [-0.39, 0.29) is 5.69 Å². The molecule has 160 valence electrons. The van der Waals surface area contributed by atoms with Crippen molar-refractivity contribution in [2.75, 3.05) is 16.1 Å². The smallest absolute Gasteiger partial charge is 0.321 e. The first kappa shape index (κ1) is 21.6. The molecule has 0 unspecified atom stereocenters. The summed E-state index contributed by atoms with van der Waals surface area (Å²) in [5.41, 5.74) is 4.19. The normalized spacial score (nSPS) is 10.6. The number of halogens is 2. The van der Waals surface area contributed by atoms with Crippen LogP contribution in [0.2, 0.25) is 5.02 Å². The minimum absolute atomic E-state index is 0.158. The van der Waals surface area contributed by atoms with Gasteiger partial charge in [0, 0.05) is 26.3 Å². The second kappa shape index (κ2) is 9.25. The van der Waals surface area contributed by atoms with Crippen LogP contribution in [0, 0.1) is 0 Å². The van der Waals surface area contributed by atoms with E-state index in [0.29, 0.717) is 27.3 Å². The molecule has 0 atom stereocenters. The molecule has 0 saturated heterocycles. The number of rotatable bonds is 4. The van der Waals surface area contributed by atoms with E-state index in [2.05, 4.69) is 32.0 Å². The fourth-order valence-electron chi connectivity index (χ4n) is 3.10. The van der Waals surface area contributed by atoms with Crippen LogP contribution >= 0.6 is 27.5 Å². The molecule has 0 radical (unpaired) electrons. The van der Waals surface area contributed by atoms with E-state index in [4.69, 9.17) is 11.6 Å². The molecule has 4 rings (SSSR count). The molecule has 0 aliphatic rings. The standard InChI is InChI=1S/C23H16BrClN4O3/c24-15-9-10-19-14(11-15)12-20(21(30)26-17-6-2-1-3-7-17)29(19)28-23(32)22(31)27-18-8-4-5-16(25)13-18/h1-13H,(H,26,30)(H,27,31)(H,28,32). The number of para-hydroxylation sites is 1. The molecule has 3 N–H and O–H groups in total. The maximum atomic E-state index is 13.0. The summed E-state index contributed by atoms with van der Waals surface area (Å²) in [7, 11) is 0. The Labute approximate surface area is 196 Å². The molecule has 0 aliphatic carbocycles. The minimum Gasteiger partial charge on any atom is -0.321 e. The van der Waals surface area contributed by atoms with Gasteiger partial charge in [0.25, 0.3) is 5.91 Å². The summed E-state index contributed by atoms with van der Waals surface area (Å²) in [6.45, 7) is 0. The van der Waals surface area contributed by atoms with Gasteiger partial charge in [0.15, 0.2) is 0 Å². The van der Waals surface area contributed by atoms with Crippen molar-refractivity contribution < 1.29 is 14.4 Å². The van der Waals surface area contributed by atoms with Crippen LogP contribution < -0.4 is 16.1 Å². The van der Waals surface area contributed by atoms with Gasteiger partial charge in [-0.25, -0.2) is 4.68 Å². The van der Waals surface area contributed by atoms with Gasteiger partial charge in [-0.3, -0.25) is 19.8 Å². The average Bonchev–Trinajstić information content (AvgIpc) is 3.12. The molecule has 1 heterocycles. The topological polar surface area (TPSA) is 92.2 Å². The highest BCUT2D eigenvalue weighted by Gasteiger charge is 2.21. The summed E-state index contributed by atoms with van der Waals surface area (Å²) in [4.78, 5) is 38.0. The highest BCUT2D eigenvalue weighted by Crippen LogP contribution is 2.24. The van der Waals surface area contributed by atoms with E-state index in [0.717, 1.165) is 4.47 Å². The summed E-state index contributed by atoms with van der Waals surface area (Å²) in [5.74, 6) is -2.29. The van der Waals surface area contributed by atoms with Crippen LogP contribution in [0.25, 0.3) is 10.9 Å². The lowest BCUT2D eigenvalue weighted by Crippen LogP contribution is -2.36. The molecule has 0 saturated carbocycles. The van der Waals surface area contributed by atoms with Crippen LogP contribution in [0.3, 0.4) is 0 Å². The van der Waals surface area contributed by atoms with Crippen LogP contribution in [-0.2, 0) is 9.59 Å². The number of amides is 3. The molecule has 0 bridgehead atoms. The molecule has 0 aliphatic heterocycles. The summed E-state index contributed by atoms with van der Waals surface area (Å²) in [6, 6.07) is 22.3. The number of hydrogen-bond acceptors (Lipinski definition) is 3. The first-order valence-corrected chi connectivity index (χ1v) is 10.6. The number of anilines is 2. The predicted molar refractivity (Wildman–Crippen MR) is 128 cm³/mol. The van der Waals surface area contributed by atoms with Gasteiger partial charge in [-0.15, -0.1) is 0 Å². The summed E-state index contributed by atoms with van der Waals surface area (Å²) in [6.07, 6.45) is 0. The molecule has 0 spiro atoms. The number of fused-ring (bicyclic) bond motifs is 1. The predicted octanol–water partition coefficient (Wildman–Crippen LogP) is 5.02. The molecule has 9 heteroatoms. The van der Waals surface area contributed by atoms with Gasteiger partial charge in [-0.1, -0.05) is 51.8 Å². The lowest BCUT2D eigenvalue weighted by atomic mass is 10.2. The fraction of sp³-hybridized carbons (Fsp3) is 0. The van der Waals surface area contributed by atoms with Gasteiger partial charge in [-0.05, 0) is 54.6 Å². The lowest BCUT2D eigenvalue weighted by molar-refractivity contribution is -0.133. The molecule has 0 fully saturated rings. The third-order valence-corrected chi connectivity index (χ3v) is 5.26. The first-order chi connectivity index (χ1) is 15.4. The molecule has 1 aromatic heterocycles. The Kier molecular flexibility index (Phi) is 6.25. The average molecular weight is 512 g/mol. The fourth-order valence-corrected chi connectivity index (χ4v) is 3.67. The lowest BCUT2D eigenvalue weighted by Gasteiger charge is -2.13. The van der Waals surface area contributed by atoms with Crippen LogP contribution in [0.5, 0.6) is 0 Å². The van der Waals surface area contributed by atoms with E-state index < -0.39 is 17.7 Å². The van der Waals surface area contributed by atoms with Crippen molar-refractivity contribution in [3.05, 3.63) is 94.1 Å². The molecular weight excluding hydrogens is 496 g/mol. The number of carbonyl (C=O) groups is 3. The van der Waals surface area contributed by atoms with Gasteiger partial charge >= 0.3 is 11.8 Å². The minimum atomic E-state index is -0.945. The van der Waals surface area contributed by atoms with Crippen molar-refractivity contribution in [3.8, 4) is 0 Å². The van der Waals surface area contributed by atoms with Crippen molar-refractivity contribution in [1.82, 2.24) is 4.68 Å². The van der Waals surface area contributed by atoms with Crippen LogP contribution in [-0.4, -0.2) is 22.4 Å². The van der Waals surface area contributed by atoms with Crippen molar-refractivity contribution in [3.63, 3.8) is 0 Å². The Morgan fingerprint density at radius 1 is 0.781 bits per heavy atom. The Morgan fingerprint density at radius 2 is 1.53 bits per heavy atom. The summed E-state index contributed by atoms with van der Waals surface area (Å²) >= 11 is 9.32. The molecule has 32 heavy (non-hydrogen) atoms. The number of hydrogen-bond donors (Lipinski definition) is 3. The number of benzene rings is 3. The van der Waals surface area contributed by atoms with E-state index in [1.54, 1.807) is 60.7 Å². The number of nitrogens with one attached hydrogen (secondary N) is 3. The number of carbonyl (C=O) groups excluding carboxylic acids is 3. The van der Waals surface area contributed by atoms with E-state index in [9.17, 15) is 14.4 Å². The van der Waals surface area contributed by atoms with Gasteiger partial charge in [0.05, 0.1) is 5.52 Å². The summed E-state index contributed by atoms with van der Waals surface area (Å²) in [5, 5.41) is 6.39. The SMILES string of the molecule is O=C(Nc1cccc(Cl)c1)C(=O)Nn1c(C(=O)Nc2ccccc2)cc2cc(Br)ccc21. The van der Waals surface area contributed by atoms with E-state index >= 15 is 0 Å². The Morgan fingerprint density at radius 3 is 2.28 bits per heavy atom. The van der Waals surface area contributed by atoms with Gasteiger partial charge in [0.1, 0.15) is 5.69 Å². The van der Waals surface area contributed by atoms with Gasteiger partial charge in [0.2, 0.25) is 0 Å². The van der Waals surface area contributed by atoms with Gasteiger partial charge in [-0.2, -0.15) is 0 Å². The van der Waals surface area contributed by atoms with Crippen LogP contribution in [0.4, 0.5) is 11.4 Å². The third kappa shape index (κ3) is 4.82. The Bertz CT molecular complexity index is 1340. The zero-order chi connectivity index (χ0) is 22.7. The Balaban J connectivity index is 1.63. The monoisotopic (exact) mass is 510 g/mol. The number of nitrogens with zero attached hydrogens (tertiary/aromatic N) is 1. The van der Waals surface area contributed by atoms with Crippen molar-refractivity contribution in [1.29, 1.82) is 0 Å². The zero-order valence-electron chi connectivity index (χ0n) is 16.4. The second-order valence-electron chi connectivity index (χ2n) is 6.79. The highest BCUT2D eigenvalue weighted by atomic mass is 79.9. The molecule has 4 aromatic rings. The molecule has 3 amide bonds. The van der Waals surface area contributed by atoms with Crippen LogP contribution in [0.15, 0.2) is 83.3 Å². The largest absolute Gasteiger partial charge is 0.328 e. The molecular formula is C23H16BrClN4O3. The zero-order valence-corrected chi connectivity index (χ0v) is 18.8. The summed E-state index contributed by atoms with van der Waals surface area (Å²) < 4.78 is 2.10. The van der Waals surface area contributed by atoms with Gasteiger partial charge < -0.3 is 10.6 Å². The van der Waals surface area contributed by atoms with Crippen LogP contribution in [0.1, 0.15) is 10.5 Å². The third-order valence-electron chi connectivity index (χ3n) is 4.53.